The number of hydrogen-bond acceptors (Lipinski definition) is 8. The maximum absolute atomic E-state index is 13.9. The van der Waals surface area contributed by atoms with Crippen molar-refractivity contribution >= 4 is 29.1 Å². The van der Waals surface area contributed by atoms with Crippen LogP contribution in [-0.4, -0.2) is 36.3 Å². The van der Waals surface area contributed by atoms with Crippen LogP contribution >= 0.6 is 11.3 Å². The third-order valence-corrected chi connectivity index (χ3v) is 7.07. The molecule has 0 aliphatic carbocycles. The Hall–Kier alpha value is -4.50. The standard InChI is InChI=1S/C29H25N3O5S/c1-4-37-28(34)24-25(19-10-6-5-7-11-19)31-29-32(26(24)21-16-20(35-2)12-13-22(21)36-3)27(33)23(38-29)15-18-9-8-14-30-17-18/h5-17,26H,4H2,1-3H3. The molecule has 38 heavy (non-hydrogen) atoms. The van der Waals surface area contributed by atoms with Gasteiger partial charge in [0.1, 0.15) is 17.5 Å². The third kappa shape index (κ3) is 4.64. The molecule has 0 N–H and O–H groups in total. The minimum atomic E-state index is -0.874. The summed E-state index contributed by atoms with van der Waals surface area (Å²) in [5, 5.41) is 0. The molecular formula is C29H25N3O5S. The SMILES string of the molecule is CCOC(=O)C1=C(c2ccccc2)N=c2sc(=Cc3cccnc3)c(=O)n2C1c1cc(OC)ccc1OC. The molecule has 1 aliphatic heterocycles. The molecule has 2 aromatic heterocycles. The van der Waals surface area contributed by atoms with Gasteiger partial charge in [0.2, 0.25) is 0 Å². The van der Waals surface area contributed by atoms with Gasteiger partial charge in [0, 0.05) is 23.5 Å². The van der Waals surface area contributed by atoms with Gasteiger partial charge in [0.15, 0.2) is 4.80 Å². The topological polar surface area (TPSA) is 92.0 Å². The van der Waals surface area contributed by atoms with E-state index >= 15 is 0 Å². The van der Waals surface area contributed by atoms with Crippen LogP contribution < -0.4 is 24.4 Å². The minimum absolute atomic E-state index is 0.164. The van der Waals surface area contributed by atoms with Crippen molar-refractivity contribution in [3.05, 3.63) is 115 Å². The lowest BCUT2D eigenvalue weighted by Crippen LogP contribution is -2.40. The molecule has 192 valence electrons. The van der Waals surface area contributed by atoms with E-state index in [-0.39, 0.29) is 17.7 Å². The maximum atomic E-state index is 13.9. The number of methoxy groups -OCH3 is 2. The Morgan fingerprint density at radius 1 is 1.08 bits per heavy atom. The second kappa shape index (κ2) is 10.9. The number of ether oxygens (including phenoxy) is 3. The van der Waals surface area contributed by atoms with E-state index in [0.717, 1.165) is 11.1 Å². The van der Waals surface area contributed by atoms with Gasteiger partial charge in [-0.2, -0.15) is 0 Å². The molecule has 2 aromatic carbocycles. The molecule has 0 spiro atoms. The largest absolute Gasteiger partial charge is 0.497 e. The summed E-state index contributed by atoms with van der Waals surface area (Å²) in [6.45, 7) is 1.91. The quantitative estimate of drug-likeness (QED) is 0.343. The van der Waals surface area contributed by atoms with Crippen molar-refractivity contribution in [1.82, 2.24) is 9.55 Å². The molecule has 9 heteroatoms. The van der Waals surface area contributed by atoms with Gasteiger partial charge in [-0.05, 0) is 42.8 Å². The summed E-state index contributed by atoms with van der Waals surface area (Å²) in [4.78, 5) is 37.0. The average Bonchev–Trinajstić information content (AvgIpc) is 3.27. The number of fused-ring (bicyclic) bond motifs is 1. The number of carbonyl (C=O) groups is 1. The van der Waals surface area contributed by atoms with Crippen LogP contribution in [0.25, 0.3) is 11.8 Å². The number of nitrogens with zero attached hydrogens (tertiary/aromatic N) is 3. The van der Waals surface area contributed by atoms with Crippen LogP contribution in [0.5, 0.6) is 11.5 Å². The molecular weight excluding hydrogens is 502 g/mol. The van der Waals surface area contributed by atoms with E-state index in [0.29, 0.717) is 32.1 Å². The number of benzene rings is 2. The molecule has 1 aliphatic rings. The van der Waals surface area contributed by atoms with Crippen molar-refractivity contribution in [2.45, 2.75) is 13.0 Å². The molecule has 0 radical (unpaired) electrons. The first-order valence-corrected chi connectivity index (χ1v) is 12.8. The van der Waals surface area contributed by atoms with E-state index in [1.165, 1.54) is 15.9 Å². The fraction of sp³-hybridized carbons (Fsp3) is 0.172. The van der Waals surface area contributed by atoms with E-state index in [4.69, 9.17) is 19.2 Å². The van der Waals surface area contributed by atoms with Crippen LogP contribution in [0.15, 0.2) is 88.4 Å². The molecule has 4 aromatic rings. The zero-order valence-electron chi connectivity index (χ0n) is 21.1. The zero-order valence-corrected chi connectivity index (χ0v) is 21.9. The summed E-state index contributed by atoms with van der Waals surface area (Å²) in [6, 6.07) is 17.5. The highest BCUT2D eigenvalue weighted by Crippen LogP contribution is 2.40. The van der Waals surface area contributed by atoms with Crippen molar-refractivity contribution in [2.24, 2.45) is 4.99 Å². The predicted molar refractivity (Wildman–Crippen MR) is 145 cm³/mol. The number of aromatic nitrogens is 2. The zero-order chi connectivity index (χ0) is 26.6. The molecule has 3 heterocycles. The Balaban J connectivity index is 1.89. The molecule has 1 atom stereocenters. The van der Waals surface area contributed by atoms with Crippen molar-refractivity contribution in [3.8, 4) is 11.5 Å². The van der Waals surface area contributed by atoms with E-state index < -0.39 is 12.0 Å². The fourth-order valence-electron chi connectivity index (χ4n) is 4.40. The van der Waals surface area contributed by atoms with Crippen LogP contribution in [0.3, 0.4) is 0 Å². The first kappa shape index (κ1) is 25.2. The van der Waals surface area contributed by atoms with Crippen LogP contribution in [0.2, 0.25) is 0 Å². The van der Waals surface area contributed by atoms with Gasteiger partial charge in [-0.15, -0.1) is 0 Å². The summed E-state index contributed by atoms with van der Waals surface area (Å²) in [5.74, 6) is 0.486. The van der Waals surface area contributed by atoms with Gasteiger partial charge in [-0.25, -0.2) is 9.79 Å². The van der Waals surface area contributed by atoms with Gasteiger partial charge < -0.3 is 14.2 Å². The first-order valence-electron chi connectivity index (χ1n) is 12.0. The number of hydrogen-bond donors (Lipinski definition) is 0. The van der Waals surface area contributed by atoms with Gasteiger partial charge >= 0.3 is 5.97 Å². The Labute approximate surface area is 222 Å². The Kier molecular flexibility index (Phi) is 7.19. The fourth-order valence-corrected chi connectivity index (χ4v) is 5.40. The van der Waals surface area contributed by atoms with Crippen LogP contribution in [0.1, 0.15) is 29.7 Å². The van der Waals surface area contributed by atoms with Crippen molar-refractivity contribution in [1.29, 1.82) is 0 Å². The van der Waals surface area contributed by atoms with Crippen LogP contribution in [-0.2, 0) is 9.53 Å². The van der Waals surface area contributed by atoms with Crippen LogP contribution in [0.4, 0.5) is 0 Å². The number of pyridine rings is 1. The van der Waals surface area contributed by atoms with Crippen LogP contribution in [0, 0.1) is 0 Å². The van der Waals surface area contributed by atoms with Gasteiger partial charge in [-0.3, -0.25) is 14.3 Å². The lowest BCUT2D eigenvalue weighted by atomic mass is 9.92. The van der Waals surface area contributed by atoms with E-state index in [2.05, 4.69) is 4.98 Å². The molecule has 8 nitrogen and oxygen atoms in total. The number of rotatable bonds is 7. The third-order valence-electron chi connectivity index (χ3n) is 6.09. The minimum Gasteiger partial charge on any atom is -0.497 e. The second-order valence-corrected chi connectivity index (χ2v) is 9.33. The molecule has 5 rings (SSSR count). The average molecular weight is 528 g/mol. The Morgan fingerprint density at radius 2 is 1.89 bits per heavy atom. The Morgan fingerprint density at radius 3 is 2.58 bits per heavy atom. The molecule has 0 saturated heterocycles. The number of esters is 1. The first-order chi connectivity index (χ1) is 18.5. The van der Waals surface area contributed by atoms with Crippen molar-refractivity contribution < 1.29 is 19.0 Å². The van der Waals surface area contributed by atoms with Gasteiger partial charge in [0.05, 0.1) is 36.6 Å². The molecule has 0 bridgehead atoms. The van der Waals surface area contributed by atoms with E-state index in [9.17, 15) is 9.59 Å². The second-order valence-electron chi connectivity index (χ2n) is 8.33. The molecule has 1 unspecified atom stereocenters. The maximum Gasteiger partial charge on any atom is 0.338 e. The molecule has 0 amide bonds. The highest BCUT2D eigenvalue weighted by atomic mass is 32.1. The normalized spacial score (nSPS) is 15.0. The smallest absolute Gasteiger partial charge is 0.338 e. The molecule has 0 fully saturated rings. The Bertz CT molecular complexity index is 1690. The molecule has 0 saturated carbocycles. The highest BCUT2D eigenvalue weighted by molar-refractivity contribution is 7.07. The van der Waals surface area contributed by atoms with Crippen molar-refractivity contribution in [2.75, 3.05) is 20.8 Å². The van der Waals surface area contributed by atoms with Gasteiger partial charge in [-0.1, -0.05) is 47.7 Å². The van der Waals surface area contributed by atoms with E-state index in [1.54, 1.807) is 63.9 Å². The number of thiazole rings is 1. The highest BCUT2D eigenvalue weighted by Gasteiger charge is 2.37. The summed E-state index contributed by atoms with van der Waals surface area (Å²) in [6.07, 6.45) is 5.12. The lowest BCUT2D eigenvalue weighted by Gasteiger charge is -2.27. The summed E-state index contributed by atoms with van der Waals surface area (Å²) < 4.78 is 18.7. The number of carbonyl (C=O) groups excluding carboxylic acids is 1. The summed E-state index contributed by atoms with van der Waals surface area (Å²) in [5.41, 5.74) is 2.47. The summed E-state index contributed by atoms with van der Waals surface area (Å²) in [7, 11) is 3.10. The predicted octanol–water partition coefficient (Wildman–Crippen LogP) is 3.35. The summed E-state index contributed by atoms with van der Waals surface area (Å²) >= 11 is 1.25. The lowest BCUT2D eigenvalue weighted by molar-refractivity contribution is -0.138. The van der Waals surface area contributed by atoms with E-state index in [1.807, 2.05) is 36.4 Å². The van der Waals surface area contributed by atoms with Crippen molar-refractivity contribution in [3.63, 3.8) is 0 Å². The van der Waals surface area contributed by atoms with Gasteiger partial charge in [0.25, 0.3) is 5.56 Å². The monoisotopic (exact) mass is 527 g/mol.